The van der Waals surface area contributed by atoms with Gasteiger partial charge in [0.2, 0.25) is 0 Å². The van der Waals surface area contributed by atoms with Crippen LogP contribution in [0, 0.1) is 10.1 Å². The summed E-state index contributed by atoms with van der Waals surface area (Å²) in [5.41, 5.74) is -0.603. The van der Waals surface area contributed by atoms with E-state index in [0.29, 0.717) is 0 Å². The summed E-state index contributed by atoms with van der Waals surface area (Å²) in [6, 6.07) is 10.1. The number of non-ortho nitro benzene ring substituents is 1. The third kappa shape index (κ3) is 4.44. The Hall–Kier alpha value is -3.64. The number of hydrogen-bond acceptors (Lipinski definition) is 8. The Balaban J connectivity index is 1.97. The molecule has 10 nitrogen and oxygen atoms in total. The topological polar surface area (TPSA) is 145 Å². The molecule has 0 saturated carbocycles. The van der Waals surface area contributed by atoms with Crippen molar-refractivity contribution in [1.29, 1.82) is 0 Å². The summed E-state index contributed by atoms with van der Waals surface area (Å²) in [6.07, 6.45) is 1.14. The molecule has 2 amide bonds. The van der Waals surface area contributed by atoms with Crippen LogP contribution in [0.4, 0.5) is 5.69 Å². The number of nitrogens with zero attached hydrogens (tertiary/aromatic N) is 1. The zero-order chi connectivity index (χ0) is 21.2. The number of carbonyl (C=O) groups is 2. The first kappa shape index (κ1) is 20.1. The molecule has 0 unspecified atom stereocenters. The van der Waals surface area contributed by atoms with E-state index in [0.717, 1.165) is 24.3 Å². The summed E-state index contributed by atoms with van der Waals surface area (Å²) < 4.78 is 30.2. The van der Waals surface area contributed by atoms with Gasteiger partial charge in [-0.1, -0.05) is 24.3 Å². The van der Waals surface area contributed by atoms with Crippen LogP contribution in [0.25, 0.3) is 6.08 Å². The van der Waals surface area contributed by atoms with Gasteiger partial charge in [0, 0.05) is 17.7 Å². The van der Waals surface area contributed by atoms with Crippen LogP contribution < -0.4 is 14.8 Å². The Bertz CT molecular complexity index is 1170. The van der Waals surface area contributed by atoms with Crippen molar-refractivity contribution in [3.8, 4) is 5.75 Å². The van der Waals surface area contributed by atoms with Crippen molar-refractivity contribution in [2.45, 2.75) is 4.90 Å². The molecule has 1 fully saturated rings. The molecule has 3 rings (SSSR count). The lowest BCUT2D eigenvalue weighted by Gasteiger charge is -2.17. The summed E-state index contributed by atoms with van der Waals surface area (Å²) in [7, 11) is -4.42. The van der Waals surface area contributed by atoms with Gasteiger partial charge >= 0.3 is 10.1 Å². The van der Waals surface area contributed by atoms with E-state index in [4.69, 9.17) is 16.4 Å². The van der Waals surface area contributed by atoms with Crippen molar-refractivity contribution in [1.82, 2.24) is 10.6 Å². The van der Waals surface area contributed by atoms with E-state index in [9.17, 15) is 28.1 Å². The first-order valence-corrected chi connectivity index (χ1v) is 9.65. The number of hydrogen-bond donors (Lipinski definition) is 2. The van der Waals surface area contributed by atoms with Crippen LogP contribution >= 0.6 is 12.2 Å². The van der Waals surface area contributed by atoms with Gasteiger partial charge in [-0.2, -0.15) is 8.42 Å². The second kappa shape index (κ2) is 7.77. The Morgan fingerprint density at radius 2 is 1.69 bits per heavy atom. The third-order valence-electron chi connectivity index (χ3n) is 3.68. The van der Waals surface area contributed by atoms with Crippen molar-refractivity contribution in [2.24, 2.45) is 0 Å². The van der Waals surface area contributed by atoms with Crippen molar-refractivity contribution in [3.05, 3.63) is 69.8 Å². The Kier molecular flexibility index (Phi) is 5.39. The maximum Gasteiger partial charge on any atom is 0.339 e. The predicted molar refractivity (Wildman–Crippen MR) is 104 cm³/mol. The summed E-state index contributed by atoms with van der Waals surface area (Å²) in [5, 5.41) is 15.3. The standard InChI is InChI=1S/C17H11N3O7S2/c21-15-13(16(22)19-17(28)18-15)8-10-4-1-2-7-14(10)27-29(25,26)12-6-3-5-11(9-12)20(23)24/h1-9H,(H2,18,19,21,22,28). The second-order valence-corrected chi connectivity index (χ2v) is 7.58. The molecular weight excluding hydrogens is 422 g/mol. The van der Waals surface area contributed by atoms with Gasteiger partial charge in [0.1, 0.15) is 16.2 Å². The van der Waals surface area contributed by atoms with Gasteiger partial charge in [-0.25, -0.2) is 0 Å². The molecule has 0 radical (unpaired) electrons. The minimum Gasteiger partial charge on any atom is -0.378 e. The van der Waals surface area contributed by atoms with E-state index in [-0.39, 0.29) is 22.0 Å². The van der Waals surface area contributed by atoms with Crippen LogP contribution in [0.15, 0.2) is 59.0 Å². The highest BCUT2D eigenvalue weighted by Crippen LogP contribution is 2.26. The fraction of sp³-hybridized carbons (Fsp3) is 0. The number of nitrogens with one attached hydrogen (secondary N) is 2. The monoisotopic (exact) mass is 433 g/mol. The summed E-state index contributed by atoms with van der Waals surface area (Å²) in [4.78, 5) is 33.7. The lowest BCUT2D eigenvalue weighted by molar-refractivity contribution is -0.385. The van der Waals surface area contributed by atoms with Gasteiger partial charge in [0.05, 0.1) is 4.92 Å². The van der Waals surface area contributed by atoms with Crippen molar-refractivity contribution >= 4 is 51.0 Å². The van der Waals surface area contributed by atoms with E-state index in [2.05, 4.69) is 10.6 Å². The number of rotatable bonds is 5. The SMILES string of the molecule is O=C1NC(=S)NC(=O)C1=Cc1ccccc1OS(=O)(=O)c1cccc([N+](=O)[O-])c1. The van der Waals surface area contributed by atoms with Gasteiger partial charge in [-0.3, -0.25) is 30.3 Å². The number of nitro benzene ring substituents is 1. The van der Waals surface area contributed by atoms with Crippen LogP contribution in [-0.2, 0) is 19.7 Å². The van der Waals surface area contributed by atoms with E-state index in [1.165, 1.54) is 24.3 Å². The van der Waals surface area contributed by atoms with Gasteiger partial charge in [-0.05, 0) is 30.4 Å². The normalized spacial score (nSPS) is 14.1. The lowest BCUT2D eigenvalue weighted by Crippen LogP contribution is -2.51. The molecule has 2 aromatic rings. The van der Waals surface area contributed by atoms with E-state index < -0.39 is 37.4 Å². The molecule has 0 atom stereocenters. The maximum atomic E-state index is 12.6. The lowest BCUT2D eigenvalue weighted by atomic mass is 10.1. The quantitative estimate of drug-likeness (QED) is 0.179. The van der Waals surface area contributed by atoms with Crippen molar-refractivity contribution in [2.75, 3.05) is 0 Å². The van der Waals surface area contributed by atoms with Crippen molar-refractivity contribution < 1.29 is 27.1 Å². The molecule has 0 aliphatic carbocycles. The van der Waals surface area contributed by atoms with Gasteiger partial charge in [0.25, 0.3) is 17.5 Å². The highest BCUT2D eigenvalue weighted by molar-refractivity contribution is 7.87. The number of carbonyl (C=O) groups excluding carboxylic acids is 2. The smallest absolute Gasteiger partial charge is 0.339 e. The van der Waals surface area contributed by atoms with Crippen LogP contribution in [0.1, 0.15) is 5.56 Å². The largest absolute Gasteiger partial charge is 0.378 e. The predicted octanol–water partition coefficient (Wildman–Crippen LogP) is 1.28. The second-order valence-electron chi connectivity index (χ2n) is 5.63. The molecule has 1 aliphatic heterocycles. The van der Waals surface area contributed by atoms with Crippen LogP contribution in [0.3, 0.4) is 0 Å². The zero-order valence-corrected chi connectivity index (χ0v) is 16.0. The molecule has 2 N–H and O–H groups in total. The first-order chi connectivity index (χ1) is 13.7. The van der Waals surface area contributed by atoms with E-state index in [1.807, 2.05) is 0 Å². The van der Waals surface area contributed by atoms with Gasteiger partial charge < -0.3 is 4.18 Å². The molecule has 0 spiro atoms. The molecular formula is C17H11N3O7S2. The van der Waals surface area contributed by atoms with Crippen LogP contribution in [0.5, 0.6) is 5.75 Å². The number of amides is 2. The first-order valence-electron chi connectivity index (χ1n) is 7.84. The zero-order valence-electron chi connectivity index (χ0n) is 14.3. The Labute approximate surface area is 169 Å². The Morgan fingerprint density at radius 1 is 1.03 bits per heavy atom. The number of nitro groups is 1. The van der Waals surface area contributed by atoms with Crippen LogP contribution in [0.2, 0.25) is 0 Å². The number of thiocarbonyl (C=S) groups is 1. The average Bonchev–Trinajstić information content (AvgIpc) is 2.65. The molecule has 2 aromatic carbocycles. The third-order valence-corrected chi connectivity index (χ3v) is 5.11. The Morgan fingerprint density at radius 3 is 2.34 bits per heavy atom. The summed E-state index contributed by atoms with van der Waals surface area (Å²) in [5.74, 6) is -1.69. The van der Waals surface area contributed by atoms with E-state index >= 15 is 0 Å². The molecule has 0 bridgehead atoms. The average molecular weight is 433 g/mol. The summed E-state index contributed by atoms with van der Waals surface area (Å²) in [6.45, 7) is 0. The highest BCUT2D eigenvalue weighted by atomic mass is 32.2. The summed E-state index contributed by atoms with van der Waals surface area (Å²) >= 11 is 4.71. The number of benzene rings is 2. The fourth-order valence-electron chi connectivity index (χ4n) is 2.36. The minimum atomic E-state index is -4.42. The molecule has 1 saturated heterocycles. The fourth-order valence-corrected chi connectivity index (χ4v) is 3.54. The van der Waals surface area contributed by atoms with Gasteiger partial charge in [0.15, 0.2) is 5.11 Å². The number of para-hydroxylation sites is 1. The van der Waals surface area contributed by atoms with Crippen molar-refractivity contribution in [3.63, 3.8) is 0 Å². The molecule has 0 aromatic heterocycles. The highest BCUT2D eigenvalue weighted by Gasteiger charge is 2.27. The van der Waals surface area contributed by atoms with Gasteiger partial charge in [-0.15, -0.1) is 0 Å². The van der Waals surface area contributed by atoms with Crippen LogP contribution in [-0.4, -0.2) is 30.3 Å². The molecule has 1 aliphatic rings. The van der Waals surface area contributed by atoms with E-state index in [1.54, 1.807) is 6.07 Å². The molecule has 148 valence electrons. The molecule has 12 heteroatoms. The molecule has 1 heterocycles. The minimum absolute atomic E-state index is 0.120. The maximum absolute atomic E-state index is 12.6. The molecule has 29 heavy (non-hydrogen) atoms.